The molecule has 0 radical (unpaired) electrons. The number of nitrogens with one attached hydrogen (secondary N) is 2. The highest BCUT2D eigenvalue weighted by Crippen LogP contribution is 2.37. The highest BCUT2D eigenvalue weighted by atomic mass is 32.2. The Labute approximate surface area is 173 Å². The van der Waals surface area contributed by atoms with E-state index in [4.69, 9.17) is 4.74 Å². The van der Waals surface area contributed by atoms with E-state index in [2.05, 4.69) is 20.9 Å². The monoisotopic (exact) mass is 409 g/mol. The minimum absolute atomic E-state index is 0.0456. The van der Waals surface area contributed by atoms with Crippen molar-refractivity contribution in [2.24, 2.45) is 0 Å². The SMILES string of the molecule is COc1ccc([C@H]2Nn3c(C)nnc3S[C@@H]2C(=O)NCc2ccc(C)cc2)cc1. The average Bonchev–Trinajstić information content (AvgIpc) is 3.12. The number of aromatic nitrogens is 3. The molecule has 150 valence electrons. The Morgan fingerprint density at radius 1 is 1.14 bits per heavy atom. The van der Waals surface area contributed by atoms with Crippen LogP contribution in [0.1, 0.15) is 28.6 Å². The summed E-state index contributed by atoms with van der Waals surface area (Å²) in [4.78, 5) is 13.1. The minimum atomic E-state index is -0.384. The third-order valence-electron chi connectivity index (χ3n) is 4.92. The molecule has 1 aromatic heterocycles. The smallest absolute Gasteiger partial charge is 0.236 e. The average molecular weight is 410 g/mol. The molecule has 0 spiro atoms. The van der Waals surface area contributed by atoms with Crippen LogP contribution in [0.15, 0.2) is 53.7 Å². The molecule has 0 fully saturated rings. The molecule has 2 atom stereocenters. The number of carbonyl (C=O) groups excluding carboxylic acids is 1. The van der Waals surface area contributed by atoms with Crippen LogP contribution >= 0.6 is 11.8 Å². The predicted molar refractivity (Wildman–Crippen MR) is 113 cm³/mol. The van der Waals surface area contributed by atoms with Crippen LogP contribution in [-0.2, 0) is 11.3 Å². The number of rotatable bonds is 5. The van der Waals surface area contributed by atoms with Crippen LogP contribution in [0.2, 0.25) is 0 Å². The predicted octanol–water partition coefficient (Wildman–Crippen LogP) is 2.98. The summed E-state index contributed by atoms with van der Waals surface area (Å²) in [5.41, 5.74) is 6.66. The molecule has 0 aliphatic carbocycles. The van der Waals surface area contributed by atoms with Gasteiger partial charge in [0.05, 0.1) is 13.2 Å². The lowest BCUT2D eigenvalue weighted by molar-refractivity contribution is -0.121. The van der Waals surface area contributed by atoms with Crippen LogP contribution in [0.4, 0.5) is 0 Å². The van der Waals surface area contributed by atoms with Gasteiger partial charge in [0.2, 0.25) is 11.1 Å². The largest absolute Gasteiger partial charge is 0.497 e. The van der Waals surface area contributed by atoms with Crippen molar-refractivity contribution in [1.29, 1.82) is 0 Å². The summed E-state index contributed by atoms with van der Waals surface area (Å²) in [6.45, 7) is 4.41. The number of nitrogens with zero attached hydrogens (tertiary/aromatic N) is 3. The highest BCUT2D eigenvalue weighted by Gasteiger charge is 2.37. The standard InChI is InChI=1S/C21H23N5O2S/c1-13-4-6-15(7-5-13)12-22-20(27)19-18(16-8-10-17(28-3)11-9-16)25-26-14(2)23-24-21(26)29-19/h4-11,18-19,25H,12H2,1-3H3,(H,22,27)/t18-,19+/m1/s1. The van der Waals surface area contributed by atoms with Crippen LogP contribution in [0.25, 0.3) is 0 Å². The second-order valence-electron chi connectivity index (χ2n) is 6.99. The molecule has 0 saturated carbocycles. The number of hydrogen-bond acceptors (Lipinski definition) is 6. The molecular formula is C21H23N5O2S. The van der Waals surface area contributed by atoms with Crippen molar-refractivity contribution >= 4 is 17.7 Å². The third-order valence-corrected chi connectivity index (χ3v) is 6.13. The number of benzene rings is 2. The van der Waals surface area contributed by atoms with Crippen molar-refractivity contribution in [2.75, 3.05) is 12.5 Å². The summed E-state index contributed by atoms with van der Waals surface area (Å²) in [6.07, 6.45) is 0. The van der Waals surface area contributed by atoms with E-state index in [1.807, 2.05) is 67.1 Å². The Morgan fingerprint density at radius 3 is 2.55 bits per heavy atom. The first-order chi connectivity index (χ1) is 14.0. The fraction of sp³-hybridized carbons (Fsp3) is 0.286. The van der Waals surface area contributed by atoms with Crippen molar-refractivity contribution in [3.8, 4) is 5.75 Å². The lowest BCUT2D eigenvalue weighted by atomic mass is 10.0. The van der Waals surface area contributed by atoms with E-state index in [-0.39, 0.29) is 17.2 Å². The number of ether oxygens (including phenoxy) is 1. The van der Waals surface area contributed by atoms with E-state index >= 15 is 0 Å². The van der Waals surface area contributed by atoms with Gasteiger partial charge in [-0.15, -0.1) is 10.2 Å². The van der Waals surface area contributed by atoms with Gasteiger partial charge in [-0.2, -0.15) is 0 Å². The second kappa shape index (κ2) is 8.16. The van der Waals surface area contributed by atoms with Crippen LogP contribution in [0.5, 0.6) is 5.75 Å². The van der Waals surface area contributed by atoms with Crippen LogP contribution in [-0.4, -0.2) is 33.1 Å². The normalized spacial score (nSPS) is 17.9. The van der Waals surface area contributed by atoms with E-state index in [0.717, 1.165) is 22.7 Å². The molecule has 2 aromatic carbocycles. The molecule has 2 N–H and O–H groups in total. The maximum absolute atomic E-state index is 13.1. The van der Waals surface area contributed by atoms with Crippen molar-refractivity contribution in [3.63, 3.8) is 0 Å². The zero-order valence-corrected chi connectivity index (χ0v) is 17.4. The number of thioether (sulfide) groups is 1. The van der Waals surface area contributed by atoms with Crippen LogP contribution < -0.4 is 15.5 Å². The minimum Gasteiger partial charge on any atom is -0.497 e. The molecule has 1 aliphatic rings. The van der Waals surface area contributed by atoms with Crippen molar-refractivity contribution in [1.82, 2.24) is 20.2 Å². The molecule has 0 bridgehead atoms. The Bertz CT molecular complexity index is 1000. The zero-order chi connectivity index (χ0) is 20.4. The van der Waals surface area contributed by atoms with Gasteiger partial charge in [-0.25, -0.2) is 4.68 Å². The van der Waals surface area contributed by atoms with Gasteiger partial charge in [0, 0.05) is 6.54 Å². The lowest BCUT2D eigenvalue weighted by Gasteiger charge is -2.32. The maximum Gasteiger partial charge on any atom is 0.236 e. The van der Waals surface area contributed by atoms with Gasteiger partial charge in [0.15, 0.2) is 0 Å². The third kappa shape index (κ3) is 4.07. The van der Waals surface area contributed by atoms with Crippen molar-refractivity contribution in [3.05, 3.63) is 71.0 Å². The lowest BCUT2D eigenvalue weighted by Crippen LogP contribution is -2.44. The van der Waals surface area contributed by atoms with Gasteiger partial charge < -0.3 is 15.5 Å². The molecule has 3 aromatic rings. The van der Waals surface area contributed by atoms with Crippen LogP contribution in [0.3, 0.4) is 0 Å². The first-order valence-corrected chi connectivity index (χ1v) is 10.3. The summed E-state index contributed by atoms with van der Waals surface area (Å²) in [7, 11) is 1.64. The Hall–Kier alpha value is -3.00. The first-order valence-electron chi connectivity index (χ1n) is 9.37. The first kappa shape index (κ1) is 19.3. The molecule has 1 amide bonds. The number of aryl methyl sites for hydroxylation is 2. The Balaban J connectivity index is 1.57. The number of amides is 1. The molecule has 8 heteroatoms. The van der Waals surface area contributed by atoms with E-state index in [9.17, 15) is 4.79 Å². The van der Waals surface area contributed by atoms with Gasteiger partial charge >= 0.3 is 0 Å². The second-order valence-corrected chi connectivity index (χ2v) is 8.10. The molecule has 0 saturated heterocycles. The quantitative estimate of drug-likeness (QED) is 0.674. The topological polar surface area (TPSA) is 81.1 Å². The van der Waals surface area contributed by atoms with E-state index in [0.29, 0.717) is 11.7 Å². The fourth-order valence-electron chi connectivity index (χ4n) is 3.22. The van der Waals surface area contributed by atoms with Crippen molar-refractivity contribution < 1.29 is 9.53 Å². The maximum atomic E-state index is 13.1. The molecular weight excluding hydrogens is 386 g/mol. The van der Waals surface area contributed by atoms with Gasteiger partial charge in [0.1, 0.15) is 16.8 Å². The molecule has 2 heterocycles. The van der Waals surface area contributed by atoms with E-state index in [1.165, 1.54) is 17.3 Å². The molecule has 1 aliphatic heterocycles. The molecule has 0 unspecified atom stereocenters. The Kier molecular flexibility index (Phi) is 5.44. The summed E-state index contributed by atoms with van der Waals surface area (Å²) in [6, 6.07) is 15.7. The van der Waals surface area contributed by atoms with Crippen LogP contribution in [0, 0.1) is 13.8 Å². The molecule has 29 heavy (non-hydrogen) atoms. The number of methoxy groups -OCH3 is 1. The molecule has 7 nitrogen and oxygen atoms in total. The van der Waals surface area contributed by atoms with Gasteiger partial charge in [-0.05, 0) is 37.1 Å². The number of fused-ring (bicyclic) bond motifs is 1. The van der Waals surface area contributed by atoms with Gasteiger partial charge in [-0.1, -0.05) is 53.7 Å². The number of hydrogen-bond donors (Lipinski definition) is 2. The summed E-state index contributed by atoms with van der Waals surface area (Å²) in [5.74, 6) is 1.49. The van der Waals surface area contributed by atoms with Crippen molar-refractivity contribution in [2.45, 2.75) is 36.8 Å². The Morgan fingerprint density at radius 2 is 1.86 bits per heavy atom. The number of carbonyl (C=O) groups is 1. The van der Waals surface area contributed by atoms with E-state index in [1.54, 1.807) is 7.11 Å². The summed E-state index contributed by atoms with van der Waals surface area (Å²) < 4.78 is 7.10. The summed E-state index contributed by atoms with van der Waals surface area (Å²) in [5, 5.41) is 11.7. The summed E-state index contributed by atoms with van der Waals surface area (Å²) >= 11 is 1.42. The van der Waals surface area contributed by atoms with Gasteiger partial charge in [-0.3, -0.25) is 4.79 Å². The van der Waals surface area contributed by atoms with E-state index < -0.39 is 0 Å². The fourth-order valence-corrected chi connectivity index (χ4v) is 4.37. The highest BCUT2D eigenvalue weighted by molar-refractivity contribution is 8.00. The molecule has 4 rings (SSSR count). The zero-order valence-electron chi connectivity index (χ0n) is 16.5. The van der Waals surface area contributed by atoms with Gasteiger partial charge in [0.25, 0.3) is 0 Å².